The summed E-state index contributed by atoms with van der Waals surface area (Å²) in [5.41, 5.74) is 3.22. The minimum Gasteiger partial charge on any atom is -0.480 e. The first kappa shape index (κ1) is 20.1. The summed E-state index contributed by atoms with van der Waals surface area (Å²) in [5, 5.41) is 11.0. The Morgan fingerprint density at radius 3 is 2.66 bits per heavy atom. The number of carboxylic acids is 1. The molecule has 1 amide bonds. The molecule has 7 nitrogen and oxygen atoms in total. The molecule has 3 heterocycles. The standard InChI is InChI=1S/C25H21NO6/c1-14-16-10-18-19(15-6-3-2-4-7-15)13-31-21(18)12-22(16)32-25(30)17(14)11-23(27)26-9-5-8-20(26)24(28)29/h2-4,6-7,10,12-13,20H,5,8-9,11H2,1H3,(H,28,29)/t20-/m0/s1. The third-order valence-electron chi connectivity index (χ3n) is 6.25. The number of hydrogen-bond donors (Lipinski definition) is 1. The number of likely N-dealkylation sites (tertiary alicyclic amines) is 1. The number of aliphatic carboxylic acids is 1. The number of carbonyl (C=O) groups is 2. The van der Waals surface area contributed by atoms with E-state index >= 15 is 0 Å². The summed E-state index contributed by atoms with van der Waals surface area (Å²) in [7, 11) is 0. The van der Waals surface area contributed by atoms with Crippen molar-refractivity contribution < 1.29 is 23.5 Å². The quantitative estimate of drug-likeness (QED) is 0.488. The number of furan rings is 1. The predicted molar refractivity (Wildman–Crippen MR) is 119 cm³/mol. The number of benzene rings is 2. The van der Waals surface area contributed by atoms with E-state index in [1.54, 1.807) is 19.3 Å². The third-order valence-corrected chi connectivity index (χ3v) is 6.25. The summed E-state index contributed by atoms with van der Waals surface area (Å²) in [4.78, 5) is 38.3. The van der Waals surface area contributed by atoms with Gasteiger partial charge in [0, 0.05) is 28.9 Å². The van der Waals surface area contributed by atoms with Gasteiger partial charge in [-0.1, -0.05) is 30.3 Å². The van der Waals surface area contributed by atoms with Gasteiger partial charge < -0.3 is 18.8 Å². The van der Waals surface area contributed by atoms with E-state index in [2.05, 4.69) is 0 Å². The number of carbonyl (C=O) groups excluding carboxylic acids is 1. The van der Waals surface area contributed by atoms with Gasteiger partial charge >= 0.3 is 11.6 Å². The number of carboxylic acid groups (broad SMARTS) is 1. The lowest BCUT2D eigenvalue weighted by atomic mass is 9.99. The smallest absolute Gasteiger partial charge is 0.340 e. The van der Waals surface area contributed by atoms with Crippen molar-refractivity contribution in [1.29, 1.82) is 0 Å². The zero-order valence-corrected chi connectivity index (χ0v) is 17.5. The maximum absolute atomic E-state index is 12.8. The second-order valence-corrected chi connectivity index (χ2v) is 8.11. The molecule has 2 aromatic heterocycles. The van der Waals surface area contributed by atoms with Gasteiger partial charge in [0.15, 0.2) is 0 Å². The number of amides is 1. The normalized spacial score (nSPS) is 16.2. The van der Waals surface area contributed by atoms with Crippen molar-refractivity contribution in [2.75, 3.05) is 6.54 Å². The highest BCUT2D eigenvalue weighted by Crippen LogP contribution is 2.34. The lowest BCUT2D eigenvalue weighted by Crippen LogP contribution is -2.41. The topological polar surface area (TPSA) is 101 Å². The minimum atomic E-state index is -1.02. The molecule has 2 aromatic carbocycles. The molecule has 32 heavy (non-hydrogen) atoms. The van der Waals surface area contributed by atoms with Crippen LogP contribution in [0, 0.1) is 6.92 Å². The van der Waals surface area contributed by atoms with Gasteiger partial charge in [-0.05, 0) is 37.0 Å². The highest BCUT2D eigenvalue weighted by molar-refractivity contribution is 6.02. The summed E-state index contributed by atoms with van der Waals surface area (Å²) >= 11 is 0. The largest absolute Gasteiger partial charge is 0.480 e. The molecule has 1 aliphatic heterocycles. The number of hydrogen-bond acceptors (Lipinski definition) is 5. The molecular formula is C25H21NO6. The van der Waals surface area contributed by atoms with E-state index in [1.807, 2.05) is 36.4 Å². The molecular weight excluding hydrogens is 410 g/mol. The van der Waals surface area contributed by atoms with Gasteiger partial charge in [0.1, 0.15) is 17.2 Å². The predicted octanol–water partition coefficient (Wildman–Crippen LogP) is 4.13. The molecule has 1 fully saturated rings. The van der Waals surface area contributed by atoms with Gasteiger partial charge in [0.25, 0.3) is 0 Å². The molecule has 1 saturated heterocycles. The van der Waals surface area contributed by atoms with Crippen molar-refractivity contribution in [2.45, 2.75) is 32.2 Å². The van der Waals surface area contributed by atoms with Crippen molar-refractivity contribution in [1.82, 2.24) is 4.90 Å². The fraction of sp³-hybridized carbons (Fsp3) is 0.240. The summed E-state index contributed by atoms with van der Waals surface area (Å²) in [6.45, 7) is 2.17. The number of aryl methyl sites for hydroxylation is 1. The molecule has 5 rings (SSSR count). The van der Waals surface area contributed by atoms with Gasteiger partial charge in [-0.15, -0.1) is 0 Å². The Labute approximate surface area is 182 Å². The highest BCUT2D eigenvalue weighted by atomic mass is 16.4. The van der Waals surface area contributed by atoms with Gasteiger partial charge in [-0.2, -0.15) is 0 Å². The Bertz CT molecular complexity index is 1420. The monoisotopic (exact) mass is 431 g/mol. The van der Waals surface area contributed by atoms with E-state index < -0.39 is 17.6 Å². The van der Waals surface area contributed by atoms with Crippen LogP contribution in [0.25, 0.3) is 33.1 Å². The summed E-state index contributed by atoms with van der Waals surface area (Å²) in [5.74, 6) is -1.40. The lowest BCUT2D eigenvalue weighted by Gasteiger charge is -2.21. The number of fused-ring (bicyclic) bond motifs is 2. The molecule has 4 aromatic rings. The van der Waals surface area contributed by atoms with Crippen LogP contribution in [-0.4, -0.2) is 34.5 Å². The Hall–Kier alpha value is -3.87. The van der Waals surface area contributed by atoms with Crippen LogP contribution in [0.1, 0.15) is 24.0 Å². The van der Waals surface area contributed by atoms with Crippen molar-refractivity contribution in [3.8, 4) is 11.1 Å². The first-order valence-corrected chi connectivity index (χ1v) is 10.5. The van der Waals surface area contributed by atoms with Crippen LogP contribution < -0.4 is 5.63 Å². The third kappa shape index (κ3) is 3.26. The molecule has 0 aliphatic carbocycles. The van der Waals surface area contributed by atoms with Crippen molar-refractivity contribution in [2.24, 2.45) is 0 Å². The van der Waals surface area contributed by atoms with Gasteiger partial charge in [-0.25, -0.2) is 9.59 Å². The molecule has 0 bridgehead atoms. The molecule has 1 N–H and O–H groups in total. The summed E-state index contributed by atoms with van der Waals surface area (Å²) in [6.07, 6.45) is 2.54. The first-order valence-electron chi connectivity index (χ1n) is 10.5. The zero-order valence-electron chi connectivity index (χ0n) is 17.5. The van der Waals surface area contributed by atoms with Crippen LogP contribution in [-0.2, 0) is 16.0 Å². The molecule has 0 saturated carbocycles. The van der Waals surface area contributed by atoms with E-state index in [9.17, 15) is 19.5 Å². The van der Waals surface area contributed by atoms with Crippen molar-refractivity contribution >= 4 is 33.8 Å². The van der Waals surface area contributed by atoms with Gasteiger partial charge in [-0.3, -0.25) is 4.79 Å². The van der Waals surface area contributed by atoms with Crippen LogP contribution in [0.2, 0.25) is 0 Å². The number of rotatable bonds is 4. The molecule has 162 valence electrons. The fourth-order valence-electron chi connectivity index (χ4n) is 4.53. The Morgan fingerprint density at radius 1 is 1.12 bits per heavy atom. The molecule has 0 radical (unpaired) electrons. The molecule has 1 aliphatic rings. The lowest BCUT2D eigenvalue weighted by molar-refractivity contribution is -0.148. The SMILES string of the molecule is Cc1c(CC(=O)N2CCC[C@H]2C(=O)O)c(=O)oc2cc3occ(-c4ccccc4)c3cc12. The first-order chi connectivity index (χ1) is 15.4. The van der Waals surface area contributed by atoms with Crippen LogP contribution >= 0.6 is 0 Å². The maximum atomic E-state index is 12.8. The van der Waals surface area contributed by atoms with E-state index in [1.165, 1.54) is 4.90 Å². The second-order valence-electron chi connectivity index (χ2n) is 8.11. The minimum absolute atomic E-state index is 0.192. The summed E-state index contributed by atoms with van der Waals surface area (Å²) in [6, 6.07) is 12.6. The van der Waals surface area contributed by atoms with Crippen molar-refractivity contribution in [3.05, 3.63) is 70.3 Å². The van der Waals surface area contributed by atoms with E-state index in [-0.39, 0.29) is 17.9 Å². The Balaban J connectivity index is 1.58. The zero-order chi connectivity index (χ0) is 22.4. The van der Waals surface area contributed by atoms with E-state index in [4.69, 9.17) is 8.83 Å². The maximum Gasteiger partial charge on any atom is 0.340 e. The van der Waals surface area contributed by atoms with Crippen LogP contribution in [0.4, 0.5) is 0 Å². The van der Waals surface area contributed by atoms with Crippen molar-refractivity contribution in [3.63, 3.8) is 0 Å². The molecule has 0 spiro atoms. The fourth-order valence-corrected chi connectivity index (χ4v) is 4.53. The Morgan fingerprint density at radius 2 is 1.91 bits per heavy atom. The van der Waals surface area contributed by atoms with Crippen LogP contribution in [0.5, 0.6) is 0 Å². The molecule has 7 heteroatoms. The van der Waals surface area contributed by atoms with Gasteiger partial charge in [0.05, 0.1) is 18.2 Å². The van der Waals surface area contributed by atoms with Crippen LogP contribution in [0.3, 0.4) is 0 Å². The second kappa shape index (κ2) is 7.67. The average Bonchev–Trinajstić information content (AvgIpc) is 3.43. The van der Waals surface area contributed by atoms with Gasteiger partial charge in [0.2, 0.25) is 5.91 Å². The summed E-state index contributed by atoms with van der Waals surface area (Å²) < 4.78 is 11.2. The number of nitrogens with zero attached hydrogens (tertiary/aromatic N) is 1. The molecule has 0 unspecified atom stereocenters. The molecule has 1 atom stereocenters. The van der Waals surface area contributed by atoms with E-state index in [0.717, 1.165) is 21.9 Å². The highest BCUT2D eigenvalue weighted by Gasteiger charge is 2.34. The Kier molecular flexibility index (Phi) is 4.81. The van der Waals surface area contributed by atoms with E-state index in [0.29, 0.717) is 36.1 Å². The average molecular weight is 431 g/mol. The van der Waals surface area contributed by atoms with Crippen LogP contribution in [0.15, 0.2) is 62.4 Å².